The number of halogens is 4. The van der Waals surface area contributed by atoms with Crippen molar-refractivity contribution in [2.24, 2.45) is 0 Å². The zero-order valence-electron chi connectivity index (χ0n) is 11.5. The van der Waals surface area contributed by atoms with Crippen LogP contribution >= 0.6 is 31.9 Å². The van der Waals surface area contributed by atoms with Gasteiger partial charge in [-0.3, -0.25) is 0 Å². The second kappa shape index (κ2) is 7.47. The molecule has 0 bridgehead atoms. The Balaban J connectivity index is 2.35. The van der Waals surface area contributed by atoms with E-state index in [-0.39, 0.29) is 11.9 Å². The van der Waals surface area contributed by atoms with Gasteiger partial charge < -0.3 is 5.32 Å². The number of rotatable bonds is 5. The number of hydrogen-bond acceptors (Lipinski definition) is 1. The molecule has 2 aromatic rings. The van der Waals surface area contributed by atoms with Gasteiger partial charge in [-0.1, -0.05) is 38.8 Å². The van der Waals surface area contributed by atoms with Gasteiger partial charge in [0.25, 0.3) is 0 Å². The molecular formula is C16H15Br2F2N. The van der Waals surface area contributed by atoms with Crippen LogP contribution in [0.1, 0.15) is 24.1 Å². The summed E-state index contributed by atoms with van der Waals surface area (Å²) < 4.78 is 29.1. The Morgan fingerprint density at radius 2 is 1.86 bits per heavy atom. The van der Waals surface area contributed by atoms with E-state index >= 15 is 0 Å². The molecule has 1 unspecified atom stereocenters. The lowest BCUT2D eigenvalue weighted by molar-refractivity contribution is 0.520. The van der Waals surface area contributed by atoms with Gasteiger partial charge in [0, 0.05) is 15.0 Å². The highest BCUT2D eigenvalue weighted by Gasteiger charge is 2.17. The zero-order chi connectivity index (χ0) is 15.4. The molecule has 0 aliphatic rings. The van der Waals surface area contributed by atoms with E-state index in [9.17, 15) is 8.78 Å². The maximum absolute atomic E-state index is 13.9. The number of likely N-dealkylation sites (N-methyl/N-ethyl adjacent to an activating group) is 1. The third-order valence-corrected chi connectivity index (χ3v) is 4.43. The van der Waals surface area contributed by atoms with Gasteiger partial charge in [-0.25, -0.2) is 8.78 Å². The molecular weight excluding hydrogens is 404 g/mol. The van der Waals surface area contributed by atoms with Gasteiger partial charge in [0.05, 0.1) is 0 Å². The van der Waals surface area contributed by atoms with Crippen LogP contribution in [0.15, 0.2) is 45.3 Å². The molecule has 0 aliphatic carbocycles. The Labute approximate surface area is 140 Å². The molecule has 0 radical (unpaired) electrons. The Kier molecular flexibility index (Phi) is 5.90. The highest BCUT2D eigenvalue weighted by atomic mass is 79.9. The highest BCUT2D eigenvalue weighted by molar-refractivity contribution is 9.11. The van der Waals surface area contributed by atoms with Crippen LogP contribution in [0, 0.1) is 11.6 Å². The molecule has 0 saturated heterocycles. The first kappa shape index (κ1) is 16.6. The average Bonchev–Trinajstić information content (AvgIpc) is 2.45. The summed E-state index contributed by atoms with van der Waals surface area (Å²) in [5.74, 6) is -0.805. The van der Waals surface area contributed by atoms with Crippen LogP contribution in [0.25, 0.3) is 0 Å². The van der Waals surface area contributed by atoms with Gasteiger partial charge in [0.15, 0.2) is 0 Å². The summed E-state index contributed by atoms with van der Waals surface area (Å²) >= 11 is 6.96. The first-order valence-electron chi connectivity index (χ1n) is 6.63. The molecule has 0 heterocycles. The van der Waals surface area contributed by atoms with Gasteiger partial charge in [-0.2, -0.15) is 0 Å². The van der Waals surface area contributed by atoms with Crippen molar-refractivity contribution in [3.8, 4) is 0 Å². The van der Waals surface area contributed by atoms with Crippen molar-refractivity contribution >= 4 is 31.9 Å². The molecule has 0 aliphatic heterocycles. The summed E-state index contributed by atoms with van der Waals surface area (Å²) in [6, 6.07) is 9.31. The highest BCUT2D eigenvalue weighted by Crippen LogP contribution is 2.29. The van der Waals surface area contributed by atoms with E-state index < -0.39 is 5.82 Å². The second-order valence-electron chi connectivity index (χ2n) is 4.72. The standard InChI is InChI=1S/C16H15Br2F2N/c1-2-21-16(13-9-11(17)3-5-14(13)18)8-10-7-12(19)4-6-15(10)20/h3-7,9,16,21H,2,8H2,1H3. The molecule has 0 saturated carbocycles. The average molecular weight is 419 g/mol. The SMILES string of the molecule is CCNC(Cc1cc(F)ccc1F)c1cc(Br)ccc1Br. The summed E-state index contributed by atoms with van der Waals surface area (Å²) in [5, 5.41) is 3.32. The van der Waals surface area contributed by atoms with Gasteiger partial charge >= 0.3 is 0 Å². The van der Waals surface area contributed by atoms with E-state index in [2.05, 4.69) is 37.2 Å². The Bertz CT molecular complexity index is 632. The topological polar surface area (TPSA) is 12.0 Å². The number of hydrogen-bond donors (Lipinski definition) is 1. The predicted molar refractivity (Wildman–Crippen MR) is 88.3 cm³/mol. The van der Waals surface area contributed by atoms with Crippen LogP contribution in [0.2, 0.25) is 0 Å². The minimum atomic E-state index is -0.421. The molecule has 2 aromatic carbocycles. The van der Waals surface area contributed by atoms with E-state index in [0.29, 0.717) is 12.0 Å². The van der Waals surface area contributed by atoms with Crippen LogP contribution in [0.5, 0.6) is 0 Å². The molecule has 21 heavy (non-hydrogen) atoms. The molecule has 0 aromatic heterocycles. The van der Waals surface area contributed by atoms with E-state index in [1.54, 1.807) is 0 Å². The minimum absolute atomic E-state index is 0.0989. The first-order valence-corrected chi connectivity index (χ1v) is 8.22. The fourth-order valence-corrected chi connectivity index (χ4v) is 3.14. The fourth-order valence-electron chi connectivity index (χ4n) is 2.24. The molecule has 0 amide bonds. The zero-order valence-corrected chi connectivity index (χ0v) is 14.6. The summed E-state index contributed by atoms with van der Waals surface area (Å²) in [5.41, 5.74) is 1.38. The molecule has 112 valence electrons. The fraction of sp³-hybridized carbons (Fsp3) is 0.250. The Morgan fingerprint density at radius 3 is 2.57 bits per heavy atom. The van der Waals surface area contributed by atoms with Crippen molar-refractivity contribution in [2.75, 3.05) is 6.54 Å². The molecule has 2 rings (SSSR count). The molecule has 0 fully saturated rings. The molecule has 1 N–H and O–H groups in total. The predicted octanol–water partition coefficient (Wildman–Crippen LogP) is 5.38. The van der Waals surface area contributed by atoms with E-state index in [1.807, 2.05) is 25.1 Å². The number of nitrogens with one attached hydrogen (secondary N) is 1. The van der Waals surface area contributed by atoms with Crippen molar-refractivity contribution in [1.29, 1.82) is 0 Å². The lowest BCUT2D eigenvalue weighted by Gasteiger charge is -2.20. The van der Waals surface area contributed by atoms with Gasteiger partial charge in [0.2, 0.25) is 0 Å². The van der Waals surface area contributed by atoms with Crippen LogP contribution in [-0.4, -0.2) is 6.54 Å². The van der Waals surface area contributed by atoms with Crippen LogP contribution in [-0.2, 0) is 6.42 Å². The van der Waals surface area contributed by atoms with Crippen molar-refractivity contribution in [2.45, 2.75) is 19.4 Å². The Morgan fingerprint density at radius 1 is 1.10 bits per heavy atom. The monoisotopic (exact) mass is 417 g/mol. The molecule has 1 nitrogen and oxygen atoms in total. The van der Waals surface area contributed by atoms with E-state index in [1.165, 1.54) is 12.1 Å². The lowest BCUT2D eigenvalue weighted by atomic mass is 9.98. The summed E-state index contributed by atoms with van der Waals surface area (Å²) in [6.45, 7) is 2.72. The summed E-state index contributed by atoms with van der Waals surface area (Å²) in [6.07, 6.45) is 0.381. The van der Waals surface area contributed by atoms with Gasteiger partial charge in [-0.15, -0.1) is 0 Å². The van der Waals surface area contributed by atoms with Gasteiger partial charge in [-0.05, 0) is 60.5 Å². The largest absolute Gasteiger partial charge is 0.310 e. The molecule has 1 atom stereocenters. The quantitative estimate of drug-likeness (QED) is 0.686. The minimum Gasteiger partial charge on any atom is -0.310 e. The second-order valence-corrected chi connectivity index (χ2v) is 6.49. The third-order valence-electron chi connectivity index (χ3n) is 3.22. The summed E-state index contributed by atoms with van der Waals surface area (Å²) in [4.78, 5) is 0. The van der Waals surface area contributed by atoms with Crippen molar-refractivity contribution < 1.29 is 8.78 Å². The number of benzene rings is 2. The smallest absolute Gasteiger partial charge is 0.126 e. The summed E-state index contributed by atoms with van der Waals surface area (Å²) in [7, 11) is 0. The van der Waals surface area contributed by atoms with Crippen LogP contribution in [0.4, 0.5) is 8.78 Å². The Hall–Kier alpha value is -0.780. The van der Waals surface area contributed by atoms with E-state index in [0.717, 1.165) is 27.1 Å². The lowest BCUT2D eigenvalue weighted by Crippen LogP contribution is -2.23. The van der Waals surface area contributed by atoms with Crippen LogP contribution in [0.3, 0.4) is 0 Å². The van der Waals surface area contributed by atoms with Gasteiger partial charge in [0.1, 0.15) is 11.6 Å². The molecule has 0 spiro atoms. The van der Waals surface area contributed by atoms with Crippen molar-refractivity contribution in [1.82, 2.24) is 5.32 Å². The van der Waals surface area contributed by atoms with E-state index in [4.69, 9.17) is 0 Å². The molecule has 5 heteroatoms. The maximum atomic E-state index is 13.9. The third kappa shape index (κ3) is 4.34. The first-order chi connectivity index (χ1) is 10.0. The van der Waals surface area contributed by atoms with Crippen LogP contribution < -0.4 is 5.32 Å². The van der Waals surface area contributed by atoms with Crippen molar-refractivity contribution in [3.63, 3.8) is 0 Å². The maximum Gasteiger partial charge on any atom is 0.126 e. The normalized spacial score (nSPS) is 12.4. The van der Waals surface area contributed by atoms with Crippen molar-refractivity contribution in [3.05, 3.63) is 68.1 Å².